The zero-order valence-corrected chi connectivity index (χ0v) is 12.6. The molecule has 0 aliphatic rings. The first-order valence-electron chi connectivity index (χ1n) is 7.04. The highest BCUT2D eigenvalue weighted by molar-refractivity contribution is 5.66. The highest BCUT2D eigenvalue weighted by Crippen LogP contribution is 2.22. The number of carbonyl (C=O) groups excluding carboxylic acids is 1. The van der Waals surface area contributed by atoms with Crippen molar-refractivity contribution in [2.45, 2.75) is 13.0 Å². The van der Waals surface area contributed by atoms with Crippen LogP contribution in [0.15, 0.2) is 59.7 Å². The molecule has 0 amide bonds. The van der Waals surface area contributed by atoms with Gasteiger partial charge in [0.05, 0.1) is 6.04 Å². The van der Waals surface area contributed by atoms with E-state index in [0.29, 0.717) is 0 Å². The molecule has 0 aliphatic carbocycles. The summed E-state index contributed by atoms with van der Waals surface area (Å²) in [5.74, 6) is 5.73. The van der Waals surface area contributed by atoms with Gasteiger partial charge in [-0.15, -0.1) is 0 Å². The molecule has 0 aliphatic heterocycles. The van der Waals surface area contributed by atoms with Gasteiger partial charge in [0, 0.05) is 23.0 Å². The van der Waals surface area contributed by atoms with Gasteiger partial charge in [0.25, 0.3) is 0 Å². The van der Waals surface area contributed by atoms with Crippen molar-refractivity contribution in [2.75, 3.05) is 6.61 Å². The minimum atomic E-state index is -0.606. The predicted molar refractivity (Wildman–Crippen MR) is 87.4 cm³/mol. The zero-order chi connectivity index (χ0) is 16.5. The van der Waals surface area contributed by atoms with E-state index < -0.39 is 12.0 Å². The van der Waals surface area contributed by atoms with Gasteiger partial charge in [-0.25, -0.2) is 0 Å². The number of hydrogen-bond acceptors (Lipinski definition) is 3. The molecule has 0 heterocycles. The summed E-state index contributed by atoms with van der Waals surface area (Å²) in [6.45, 7) is 1.30. The quantitative estimate of drug-likeness (QED) is 0.281. The third kappa shape index (κ3) is 4.92. The highest BCUT2D eigenvalue weighted by Gasteiger charge is 2.14. The van der Waals surface area contributed by atoms with Gasteiger partial charge >= 0.3 is 5.97 Å². The summed E-state index contributed by atoms with van der Waals surface area (Å²) >= 11 is 0. The number of hydrogen-bond donors (Lipinski definition) is 0. The monoisotopic (exact) mass is 305 g/mol. The number of nitrogens with zero attached hydrogens (tertiary/aromatic N) is 3. The summed E-state index contributed by atoms with van der Waals surface area (Å²) in [7, 11) is 0. The van der Waals surface area contributed by atoms with Gasteiger partial charge in [-0.2, -0.15) is 0 Å². The Kier molecular flexibility index (Phi) is 5.81. The van der Waals surface area contributed by atoms with Crippen LogP contribution in [-0.2, 0) is 9.53 Å². The van der Waals surface area contributed by atoms with Gasteiger partial charge in [-0.05, 0) is 29.3 Å². The lowest BCUT2D eigenvalue weighted by atomic mass is 10.0. The molecule has 1 unspecified atom stereocenters. The molecule has 0 saturated heterocycles. The average Bonchev–Trinajstić information content (AvgIpc) is 2.58. The Morgan fingerprint density at radius 1 is 1.17 bits per heavy atom. The number of ether oxygens (including phenoxy) is 1. The lowest BCUT2D eigenvalue weighted by Gasteiger charge is -2.13. The van der Waals surface area contributed by atoms with E-state index in [-0.39, 0.29) is 6.61 Å². The van der Waals surface area contributed by atoms with Gasteiger partial charge < -0.3 is 4.74 Å². The van der Waals surface area contributed by atoms with Crippen molar-refractivity contribution in [3.05, 3.63) is 81.7 Å². The van der Waals surface area contributed by atoms with Gasteiger partial charge in [-0.1, -0.05) is 53.4 Å². The van der Waals surface area contributed by atoms with Crippen molar-refractivity contribution in [3.63, 3.8) is 0 Å². The van der Waals surface area contributed by atoms with Crippen molar-refractivity contribution in [3.8, 4) is 11.8 Å². The topological polar surface area (TPSA) is 75.1 Å². The van der Waals surface area contributed by atoms with E-state index in [1.165, 1.54) is 6.92 Å². The zero-order valence-electron chi connectivity index (χ0n) is 12.6. The van der Waals surface area contributed by atoms with Crippen LogP contribution >= 0.6 is 0 Å². The van der Waals surface area contributed by atoms with Crippen molar-refractivity contribution >= 4 is 5.97 Å². The normalized spacial score (nSPS) is 10.7. The molecule has 0 aromatic heterocycles. The van der Waals surface area contributed by atoms with Crippen LogP contribution in [0, 0.1) is 11.8 Å². The Morgan fingerprint density at radius 2 is 1.87 bits per heavy atom. The van der Waals surface area contributed by atoms with Crippen LogP contribution in [0.2, 0.25) is 0 Å². The maximum Gasteiger partial charge on any atom is 0.302 e. The minimum Gasteiger partial charge on any atom is -0.465 e. The average molecular weight is 305 g/mol. The Morgan fingerprint density at radius 3 is 2.57 bits per heavy atom. The third-order valence-corrected chi connectivity index (χ3v) is 3.07. The summed E-state index contributed by atoms with van der Waals surface area (Å²) in [4.78, 5) is 13.8. The lowest BCUT2D eigenvalue weighted by Crippen LogP contribution is -2.09. The molecule has 114 valence electrons. The first kappa shape index (κ1) is 16.2. The van der Waals surface area contributed by atoms with E-state index in [9.17, 15) is 4.79 Å². The molecule has 23 heavy (non-hydrogen) atoms. The van der Waals surface area contributed by atoms with Crippen molar-refractivity contribution in [1.82, 2.24) is 0 Å². The second-order valence-electron chi connectivity index (χ2n) is 4.73. The van der Waals surface area contributed by atoms with Gasteiger partial charge in [0.2, 0.25) is 0 Å². The van der Waals surface area contributed by atoms with Crippen LogP contribution in [-0.4, -0.2) is 12.6 Å². The molecule has 0 bridgehead atoms. The lowest BCUT2D eigenvalue weighted by molar-refractivity contribution is -0.141. The maximum absolute atomic E-state index is 11.0. The predicted octanol–water partition coefficient (Wildman–Crippen LogP) is 4.00. The molecule has 0 fully saturated rings. The summed E-state index contributed by atoms with van der Waals surface area (Å²) in [6.07, 6.45) is 0. The molecule has 2 aromatic rings. The second kappa shape index (κ2) is 8.28. The van der Waals surface area contributed by atoms with Crippen LogP contribution in [0.1, 0.15) is 29.7 Å². The number of benzene rings is 2. The first-order valence-corrected chi connectivity index (χ1v) is 7.04. The fraction of sp³-hybridized carbons (Fsp3) is 0.167. The largest absolute Gasteiger partial charge is 0.465 e. The highest BCUT2D eigenvalue weighted by atomic mass is 16.5. The van der Waals surface area contributed by atoms with Gasteiger partial charge in [0.1, 0.15) is 6.61 Å². The molecule has 2 rings (SSSR count). The van der Waals surface area contributed by atoms with Crippen molar-refractivity contribution < 1.29 is 9.53 Å². The van der Waals surface area contributed by atoms with E-state index in [1.54, 1.807) is 0 Å². The van der Waals surface area contributed by atoms with E-state index in [1.807, 2.05) is 54.6 Å². The summed E-state index contributed by atoms with van der Waals surface area (Å²) in [5, 5.41) is 3.72. The molecular weight excluding hydrogens is 290 g/mol. The molecule has 0 radical (unpaired) electrons. The maximum atomic E-state index is 11.0. The van der Waals surface area contributed by atoms with E-state index in [0.717, 1.165) is 16.7 Å². The van der Waals surface area contributed by atoms with Crippen LogP contribution in [0.4, 0.5) is 0 Å². The Bertz CT molecular complexity index is 785. The SMILES string of the molecule is CC(=O)OCC(N=[N+]=[N-])c1ccccc1C#Cc1ccccc1. The standard InChI is InChI=1S/C18H15N3O2/c1-14(22)23-13-18(20-21-19)17-10-6-5-9-16(17)12-11-15-7-3-2-4-8-15/h2-10,18H,13H2,1H3. The first-order chi connectivity index (χ1) is 11.2. The number of azide groups is 1. The summed E-state index contributed by atoms with van der Waals surface area (Å²) in [5.41, 5.74) is 11.1. The smallest absolute Gasteiger partial charge is 0.302 e. The fourth-order valence-electron chi connectivity index (χ4n) is 2.01. The molecule has 5 nitrogen and oxygen atoms in total. The molecule has 2 aromatic carbocycles. The Balaban J connectivity index is 2.33. The van der Waals surface area contributed by atoms with Crippen LogP contribution in [0.5, 0.6) is 0 Å². The Hall–Kier alpha value is -3.22. The van der Waals surface area contributed by atoms with E-state index >= 15 is 0 Å². The Labute approximate surface area is 134 Å². The second-order valence-corrected chi connectivity index (χ2v) is 4.73. The third-order valence-electron chi connectivity index (χ3n) is 3.07. The van der Waals surface area contributed by atoms with Gasteiger partial charge in [-0.3, -0.25) is 4.79 Å². The summed E-state index contributed by atoms with van der Waals surface area (Å²) < 4.78 is 4.98. The number of rotatable bonds is 4. The molecule has 0 spiro atoms. The van der Waals surface area contributed by atoms with Crippen LogP contribution < -0.4 is 0 Å². The molecule has 0 N–H and O–H groups in total. The van der Waals surface area contributed by atoms with Crippen LogP contribution in [0.25, 0.3) is 10.4 Å². The number of esters is 1. The van der Waals surface area contributed by atoms with E-state index in [2.05, 4.69) is 21.9 Å². The van der Waals surface area contributed by atoms with Crippen molar-refractivity contribution in [2.24, 2.45) is 5.11 Å². The van der Waals surface area contributed by atoms with Crippen molar-refractivity contribution in [1.29, 1.82) is 0 Å². The summed E-state index contributed by atoms with van der Waals surface area (Å²) in [6, 6.07) is 16.3. The van der Waals surface area contributed by atoms with Crippen LogP contribution in [0.3, 0.4) is 0 Å². The van der Waals surface area contributed by atoms with E-state index in [4.69, 9.17) is 10.3 Å². The molecule has 0 saturated carbocycles. The van der Waals surface area contributed by atoms with Gasteiger partial charge in [0.15, 0.2) is 0 Å². The fourth-order valence-corrected chi connectivity index (χ4v) is 2.01. The minimum absolute atomic E-state index is 0.0105. The molecular formula is C18H15N3O2. The number of carbonyl (C=O) groups is 1. The molecule has 5 heteroatoms. The molecule has 1 atom stereocenters.